The molecule has 0 radical (unpaired) electrons. The van der Waals surface area contributed by atoms with E-state index in [2.05, 4.69) is 28.2 Å². The summed E-state index contributed by atoms with van der Waals surface area (Å²) in [5.41, 5.74) is 3.36. The van der Waals surface area contributed by atoms with Gasteiger partial charge in [0, 0.05) is 24.2 Å². The standard InChI is InChI=1S/C11H8N2/c1-2-8-3-4-9-5-7-13-11(9)10(8)12-6-1/h1-4,6-7H,5H2. The minimum Gasteiger partial charge on any atom is -0.258 e. The van der Waals surface area contributed by atoms with Gasteiger partial charge in [-0.25, -0.2) is 0 Å². The summed E-state index contributed by atoms with van der Waals surface area (Å²) in [5.74, 6) is 0. The quantitative estimate of drug-likeness (QED) is 0.593. The Morgan fingerprint density at radius 2 is 2.15 bits per heavy atom. The van der Waals surface area contributed by atoms with Gasteiger partial charge in [-0.2, -0.15) is 0 Å². The summed E-state index contributed by atoms with van der Waals surface area (Å²) in [5, 5.41) is 1.17. The zero-order valence-electron chi connectivity index (χ0n) is 7.07. The van der Waals surface area contributed by atoms with Crippen LogP contribution in [0.4, 0.5) is 5.69 Å². The highest BCUT2D eigenvalue weighted by Gasteiger charge is 2.10. The van der Waals surface area contributed by atoms with Crippen LogP contribution in [0.25, 0.3) is 10.9 Å². The zero-order chi connectivity index (χ0) is 8.67. The molecule has 62 valence electrons. The van der Waals surface area contributed by atoms with Crippen LogP contribution in [0.15, 0.2) is 35.5 Å². The van der Waals surface area contributed by atoms with E-state index in [9.17, 15) is 0 Å². The Balaban J connectivity index is 2.49. The summed E-state index contributed by atoms with van der Waals surface area (Å²) in [7, 11) is 0. The molecule has 2 heterocycles. The van der Waals surface area contributed by atoms with Crippen molar-refractivity contribution < 1.29 is 0 Å². The SMILES string of the molecule is C1=Nc2c(ccc3cccnc23)C1. The lowest BCUT2D eigenvalue weighted by atomic mass is 10.1. The maximum absolute atomic E-state index is 4.34. The van der Waals surface area contributed by atoms with Crippen molar-refractivity contribution in [3.05, 3.63) is 36.0 Å². The van der Waals surface area contributed by atoms with Gasteiger partial charge in [-0.1, -0.05) is 18.2 Å². The molecule has 1 aromatic heterocycles. The van der Waals surface area contributed by atoms with Crippen LogP contribution in [0.3, 0.4) is 0 Å². The Labute approximate surface area is 76.0 Å². The second kappa shape index (κ2) is 2.39. The predicted octanol–water partition coefficient (Wildman–Crippen LogP) is 2.49. The fourth-order valence-corrected chi connectivity index (χ4v) is 1.72. The molecule has 0 atom stereocenters. The summed E-state index contributed by atoms with van der Waals surface area (Å²) in [4.78, 5) is 8.68. The van der Waals surface area contributed by atoms with Crippen LogP contribution in [0.1, 0.15) is 5.56 Å². The van der Waals surface area contributed by atoms with Crippen molar-refractivity contribution in [3.8, 4) is 0 Å². The molecule has 1 aliphatic heterocycles. The molecule has 1 aliphatic rings. The number of fused-ring (bicyclic) bond motifs is 3. The highest BCUT2D eigenvalue weighted by Crippen LogP contribution is 2.31. The van der Waals surface area contributed by atoms with E-state index in [1.165, 1.54) is 10.9 Å². The molecule has 2 aromatic rings. The largest absolute Gasteiger partial charge is 0.258 e. The van der Waals surface area contributed by atoms with Gasteiger partial charge in [-0.05, 0) is 11.6 Å². The van der Waals surface area contributed by atoms with Gasteiger partial charge in [-0.15, -0.1) is 0 Å². The summed E-state index contributed by atoms with van der Waals surface area (Å²) in [6, 6.07) is 8.26. The lowest BCUT2D eigenvalue weighted by molar-refractivity contribution is 1.37. The average molecular weight is 168 g/mol. The number of nitrogens with zero attached hydrogens (tertiary/aromatic N) is 2. The van der Waals surface area contributed by atoms with E-state index in [-0.39, 0.29) is 0 Å². The van der Waals surface area contributed by atoms with Crippen LogP contribution in [-0.2, 0) is 6.42 Å². The van der Waals surface area contributed by atoms with Crippen molar-refractivity contribution in [1.82, 2.24) is 4.98 Å². The molecule has 0 fully saturated rings. The zero-order valence-corrected chi connectivity index (χ0v) is 7.07. The molecular weight excluding hydrogens is 160 g/mol. The maximum atomic E-state index is 4.34. The molecule has 0 bridgehead atoms. The highest BCUT2D eigenvalue weighted by molar-refractivity contribution is 5.95. The first kappa shape index (κ1) is 6.78. The molecule has 2 heteroatoms. The first-order chi connectivity index (χ1) is 6.45. The first-order valence-electron chi connectivity index (χ1n) is 4.34. The second-order valence-electron chi connectivity index (χ2n) is 3.16. The molecule has 0 aliphatic carbocycles. The van der Waals surface area contributed by atoms with Crippen LogP contribution >= 0.6 is 0 Å². The third-order valence-electron chi connectivity index (χ3n) is 2.36. The van der Waals surface area contributed by atoms with Crippen LogP contribution in [0.5, 0.6) is 0 Å². The number of benzene rings is 1. The Morgan fingerprint density at radius 1 is 1.15 bits per heavy atom. The fraction of sp³-hybridized carbons (Fsp3) is 0.0909. The van der Waals surface area contributed by atoms with Crippen molar-refractivity contribution in [2.45, 2.75) is 6.42 Å². The van der Waals surface area contributed by atoms with Gasteiger partial charge in [0.05, 0.1) is 11.2 Å². The number of aliphatic imine (C=N–C) groups is 1. The lowest BCUT2D eigenvalue weighted by Crippen LogP contribution is -1.82. The third-order valence-corrected chi connectivity index (χ3v) is 2.36. The van der Waals surface area contributed by atoms with Crippen molar-refractivity contribution in [2.75, 3.05) is 0 Å². The van der Waals surface area contributed by atoms with Crippen molar-refractivity contribution in [1.29, 1.82) is 0 Å². The van der Waals surface area contributed by atoms with E-state index in [1.807, 2.05) is 18.5 Å². The van der Waals surface area contributed by atoms with E-state index in [4.69, 9.17) is 0 Å². The lowest BCUT2D eigenvalue weighted by Gasteiger charge is -2.01. The number of pyridine rings is 1. The summed E-state index contributed by atoms with van der Waals surface area (Å²) < 4.78 is 0. The fourth-order valence-electron chi connectivity index (χ4n) is 1.72. The van der Waals surface area contributed by atoms with E-state index in [0.717, 1.165) is 17.6 Å². The first-order valence-corrected chi connectivity index (χ1v) is 4.34. The third kappa shape index (κ3) is 0.886. The molecule has 0 saturated heterocycles. The number of hydrogen-bond acceptors (Lipinski definition) is 2. The topological polar surface area (TPSA) is 25.2 Å². The summed E-state index contributed by atoms with van der Waals surface area (Å²) in [6.45, 7) is 0. The van der Waals surface area contributed by atoms with Gasteiger partial charge in [0.15, 0.2) is 0 Å². The molecule has 1 aromatic carbocycles. The number of aromatic nitrogens is 1. The van der Waals surface area contributed by atoms with Gasteiger partial charge in [0.1, 0.15) is 0 Å². The van der Waals surface area contributed by atoms with E-state index >= 15 is 0 Å². The Kier molecular flexibility index (Phi) is 1.25. The minimum absolute atomic E-state index is 0.946. The van der Waals surface area contributed by atoms with Crippen molar-refractivity contribution in [3.63, 3.8) is 0 Å². The Bertz CT molecular complexity index is 500. The molecule has 2 nitrogen and oxygen atoms in total. The van der Waals surface area contributed by atoms with Crippen LogP contribution in [0, 0.1) is 0 Å². The van der Waals surface area contributed by atoms with Gasteiger partial charge < -0.3 is 0 Å². The van der Waals surface area contributed by atoms with Crippen molar-refractivity contribution >= 4 is 22.8 Å². The smallest absolute Gasteiger partial charge is 0.0961 e. The van der Waals surface area contributed by atoms with Gasteiger partial charge in [0.25, 0.3) is 0 Å². The summed E-state index contributed by atoms with van der Waals surface area (Å²) in [6.07, 6.45) is 4.71. The monoisotopic (exact) mass is 168 g/mol. The van der Waals surface area contributed by atoms with Gasteiger partial charge >= 0.3 is 0 Å². The molecule has 0 spiro atoms. The van der Waals surface area contributed by atoms with Gasteiger partial charge in [0.2, 0.25) is 0 Å². The molecule has 0 unspecified atom stereocenters. The van der Waals surface area contributed by atoms with Crippen LogP contribution < -0.4 is 0 Å². The van der Waals surface area contributed by atoms with E-state index in [0.29, 0.717) is 0 Å². The molecule has 0 saturated carbocycles. The predicted molar refractivity (Wildman–Crippen MR) is 53.6 cm³/mol. The average Bonchev–Trinajstić information content (AvgIpc) is 2.65. The van der Waals surface area contributed by atoms with Crippen LogP contribution in [-0.4, -0.2) is 11.2 Å². The highest BCUT2D eigenvalue weighted by atomic mass is 14.8. The maximum Gasteiger partial charge on any atom is 0.0961 e. The van der Waals surface area contributed by atoms with Gasteiger partial charge in [-0.3, -0.25) is 9.98 Å². The molecular formula is C11H8N2. The Morgan fingerprint density at radius 3 is 3.15 bits per heavy atom. The van der Waals surface area contributed by atoms with E-state index in [1.54, 1.807) is 0 Å². The number of rotatable bonds is 0. The normalized spacial score (nSPS) is 13.5. The number of hydrogen-bond donors (Lipinski definition) is 0. The Hall–Kier alpha value is -1.70. The van der Waals surface area contributed by atoms with Crippen LogP contribution in [0.2, 0.25) is 0 Å². The second-order valence-corrected chi connectivity index (χ2v) is 3.16. The molecule has 13 heavy (non-hydrogen) atoms. The van der Waals surface area contributed by atoms with Crippen molar-refractivity contribution in [2.24, 2.45) is 4.99 Å². The molecule has 0 amide bonds. The summed E-state index contributed by atoms with van der Waals surface area (Å²) >= 11 is 0. The minimum atomic E-state index is 0.946. The molecule has 3 rings (SSSR count). The molecule has 0 N–H and O–H groups in total. The van der Waals surface area contributed by atoms with E-state index < -0.39 is 0 Å².